The molecule has 0 aliphatic heterocycles. The Hall–Kier alpha value is -2.94. The van der Waals surface area contributed by atoms with E-state index in [1.807, 2.05) is 56.3 Å². The Bertz CT molecular complexity index is 903. The van der Waals surface area contributed by atoms with Crippen molar-refractivity contribution in [3.63, 3.8) is 0 Å². The molecule has 3 rings (SSSR count). The number of hydrogen-bond acceptors (Lipinski definition) is 2. The molecule has 0 saturated carbocycles. The first-order chi connectivity index (χ1) is 11.5. The van der Waals surface area contributed by atoms with Crippen molar-refractivity contribution in [2.75, 3.05) is 0 Å². The Kier molecular flexibility index (Phi) is 4.17. The predicted molar refractivity (Wildman–Crippen MR) is 95.6 cm³/mol. The molecular formula is C21H19NO2. The molecule has 24 heavy (non-hydrogen) atoms. The topological polar surface area (TPSA) is 49.9 Å². The molecular weight excluding hydrogens is 298 g/mol. The molecule has 3 nitrogen and oxygen atoms in total. The van der Waals surface area contributed by atoms with Crippen LogP contribution in [0.3, 0.4) is 0 Å². The molecule has 0 amide bonds. The predicted octanol–water partition coefficient (Wildman–Crippen LogP) is 4.73. The van der Waals surface area contributed by atoms with E-state index in [9.17, 15) is 9.59 Å². The van der Waals surface area contributed by atoms with Crippen molar-refractivity contribution < 1.29 is 9.59 Å². The highest BCUT2D eigenvalue weighted by Gasteiger charge is 2.25. The maximum absolute atomic E-state index is 13.1. The van der Waals surface area contributed by atoms with Gasteiger partial charge in [-0.2, -0.15) is 0 Å². The van der Waals surface area contributed by atoms with Gasteiger partial charge in [0.15, 0.2) is 11.6 Å². The van der Waals surface area contributed by atoms with Gasteiger partial charge in [0.25, 0.3) is 0 Å². The number of nitrogens with one attached hydrogen (secondary N) is 1. The van der Waals surface area contributed by atoms with E-state index in [4.69, 9.17) is 0 Å². The van der Waals surface area contributed by atoms with Crippen molar-refractivity contribution in [1.82, 2.24) is 4.98 Å². The number of H-pyrrole nitrogens is 1. The lowest BCUT2D eigenvalue weighted by Crippen LogP contribution is -2.08. The summed E-state index contributed by atoms with van der Waals surface area (Å²) in [4.78, 5) is 28.5. The van der Waals surface area contributed by atoms with Crippen LogP contribution in [0.15, 0.2) is 54.6 Å². The highest BCUT2D eigenvalue weighted by atomic mass is 16.1. The number of aromatic nitrogens is 1. The van der Waals surface area contributed by atoms with Gasteiger partial charge in [-0.1, -0.05) is 60.2 Å². The zero-order chi connectivity index (χ0) is 17.3. The highest BCUT2D eigenvalue weighted by molar-refractivity contribution is 6.19. The largest absolute Gasteiger partial charge is 0.357 e. The maximum Gasteiger partial charge on any atom is 0.195 e. The summed E-state index contributed by atoms with van der Waals surface area (Å²) in [7, 11) is 0. The van der Waals surface area contributed by atoms with E-state index in [0.717, 1.165) is 16.8 Å². The van der Waals surface area contributed by atoms with E-state index in [-0.39, 0.29) is 11.6 Å². The van der Waals surface area contributed by atoms with Crippen molar-refractivity contribution in [2.24, 2.45) is 0 Å². The molecule has 0 unspecified atom stereocenters. The molecule has 0 aliphatic carbocycles. The van der Waals surface area contributed by atoms with Crippen molar-refractivity contribution in [3.05, 3.63) is 82.5 Å². The average molecular weight is 317 g/mol. The van der Waals surface area contributed by atoms with E-state index in [1.54, 1.807) is 12.1 Å². The van der Waals surface area contributed by atoms with Gasteiger partial charge in [-0.15, -0.1) is 0 Å². The van der Waals surface area contributed by atoms with Gasteiger partial charge in [0.05, 0.1) is 11.3 Å². The zero-order valence-corrected chi connectivity index (χ0v) is 14.0. The number of Topliss-reactive ketones (excluding diaryl/α,β-unsaturated/α-hetero) is 1. The number of benzene rings is 2. The summed E-state index contributed by atoms with van der Waals surface area (Å²) >= 11 is 0. The first-order valence-corrected chi connectivity index (χ1v) is 7.89. The van der Waals surface area contributed by atoms with Crippen molar-refractivity contribution in [1.29, 1.82) is 0 Å². The molecule has 3 aromatic rings. The Morgan fingerprint density at radius 3 is 2.04 bits per heavy atom. The van der Waals surface area contributed by atoms with Crippen LogP contribution in [0.25, 0.3) is 11.3 Å². The van der Waals surface area contributed by atoms with Crippen LogP contribution in [0.4, 0.5) is 0 Å². The fourth-order valence-electron chi connectivity index (χ4n) is 2.96. The maximum atomic E-state index is 13.1. The van der Waals surface area contributed by atoms with E-state index >= 15 is 0 Å². The number of rotatable bonds is 4. The second kappa shape index (κ2) is 6.28. The molecule has 0 saturated heterocycles. The lowest BCUT2D eigenvalue weighted by atomic mass is 9.94. The average Bonchev–Trinajstić information content (AvgIpc) is 2.93. The number of aryl methyl sites for hydroxylation is 2. The van der Waals surface area contributed by atoms with E-state index in [2.05, 4.69) is 4.98 Å². The number of aromatic amines is 1. The third-order valence-electron chi connectivity index (χ3n) is 4.14. The van der Waals surface area contributed by atoms with Crippen LogP contribution in [0.1, 0.15) is 44.5 Å². The molecule has 1 heterocycles. The third kappa shape index (κ3) is 2.81. The van der Waals surface area contributed by atoms with Gasteiger partial charge in [0, 0.05) is 16.8 Å². The number of carbonyl (C=O) groups excluding carboxylic acids is 2. The molecule has 2 aromatic carbocycles. The minimum absolute atomic E-state index is 0.110. The van der Waals surface area contributed by atoms with Gasteiger partial charge in [-0.05, 0) is 26.3 Å². The molecule has 0 radical (unpaired) electrons. The Balaban J connectivity index is 2.23. The molecule has 0 bridgehead atoms. The highest BCUT2D eigenvalue weighted by Crippen LogP contribution is 2.30. The van der Waals surface area contributed by atoms with Gasteiger partial charge < -0.3 is 4.98 Å². The quantitative estimate of drug-likeness (QED) is 0.707. The first-order valence-electron chi connectivity index (χ1n) is 7.89. The lowest BCUT2D eigenvalue weighted by molar-refractivity contribution is 0.0991. The molecule has 0 spiro atoms. The Labute approximate surface area is 141 Å². The van der Waals surface area contributed by atoms with Gasteiger partial charge >= 0.3 is 0 Å². The van der Waals surface area contributed by atoms with Crippen LogP contribution in [-0.4, -0.2) is 16.6 Å². The Morgan fingerprint density at radius 2 is 1.46 bits per heavy atom. The molecule has 3 heteroatoms. The van der Waals surface area contributed by atoms with Crippen molar-refractivity contribution in [3.8, 4) is 11.3 Å². The minimum atomic E-state index is -0.136. The Morgan fingerprint density at radius 1 is 0.833 bits per heavy atom. The number of ketones is 2. The van der Waals surface area contributed by atoms with Crippen LogP contribution in [0.2, 0.25) is 0 Å². The van der Waals surface area contributed by atoms with Gasteiger partial charge in [0.2, 0.25) is 0 Å². The normalized spacial score (nSPS) is 10.6. The van der Waals surface area contributed by atoms with E-state index in [1.165, 1.54) is 6.92 Å². The van der Waals surface area contributed by atoms with Crippen LogP contribution in [0.5, 0.6) is 0 Å². The summed E-state index contributed by atoms with van der Waals surface area (Å²) in [5, 5.41) is 0. The molecule has 1 N–H and O–H groups in total. The summed E-state index contributed by atoms with van der Waals surface area (Å²) in [6.45, 7) is 5.30. The standard InChI is InChI=1S/C21H19NO2/c1-13-9-11-17(12-10-13)21(24)19-18(15(3)23)14(2)22-20(19)16-7-5-4-6-8-16/h4-12,22H,1-3H3. The summed E-state index contributed by atoms with van der Waals surface area (Å²) in [5.41, 5.74) is 4.91. The van der Waals surface area contributed by atoms with Gasteiger partial charge in [-0.25, -0.2) is 0 Å². The number of carbonyl (C=O) groups is 2. The van der Waals surface area contributed by atoms with Crippen molar-refractivity contribution >= 4 is 11.6 Å². The molecule has 1 aromatic heterocycles. The molecule has 120 valence electrons. The second-order valence-corrected chi connectivity index (χ2v) is 5.99. The third-order valence-corrected chi connectivity index (χ3v) is 4.14. The van der Waals surface area contributed by atoms with E-state index < -0.39 is 0 Å². The second-order valence-electron chi connectivity index (χ2n) is 5.99. The van der Waals surface area contributed by atoms with Crippen LogP contribution in [0, 0.1) is 13.8 Å². The van der Waals surface area contributed by atoms with Crippen LogP contribution in [-0.2, 0) is 0 Å². The zero-order valence-electron chi connectivity index (χ0n) is 14.0. The van der Waals surface area contributed by atoms with Crippen LogP contribution >= 0.6 is 0 Å². The van der Waals surface area contributed by atoms with Gasteiger partial charge in [-0.3, -0.25) is 9.59 Å². The summed E-state index contributed by atoms with van der Waals surface area (Å²) in [6.07, 6.45) is 0. The van der Waals surface area contributed by atoms with Crippen molar-refractivity contribution in [2.45, 2.75) is 20.8 Å². The summed E-state index contributed by atoms with van der Waals surface area (Å²) in [6, 6.07) is 17.0. The minimum Gasteiger partial charge on any atom is -0.357 e. The summed E-state index contributed by atoms with van der Waals surface area (Å²) < 4.78 is 0. The molecule has 0 aliphatic rings. The van der Waals surface area contributed by atoms with Crippen LogP contribution < -0.4 is 0 Å². The number of hydrogen-bond donors (Lipinski definition) is 1. The first kappa shape index (κ1) is 15.9. The van der Waals surface area contributed by atoms with Gasteiger partial charge in [0.1, 0.15) is 0 Å². The monoisotopic (exact) mass is 317 g/mol. The summed E-state index contributed by atoms with van der Waals surface area (Å²) in [5.74, 6) is -0.246. The molecule has 0 fully saturated rings. The van der Waals surface area contributed by atoms with E-state index in [0.29, 0.717) is 22.4 Å². The smallest absolute Gasteiger partial charge is 0.195 e. The lowest BCUT2D eigenvalue weighted by Gasteiger charge is -2.07. The fourth-order valence-corrected chi connectivity index (χ4v) is 2.96. The molecule has 0 atom stereocenters. The fraction of sp³-hybridized carbons (Fsp3) is 0.143. The SMILES string of the molecule is CC(=O)c1c(C)[nH]c(-c2ccccc2)c1C(=O)c1ccc(C)cc1.